The molecular formula is C25H31F4N3O3S. The number of nitrogens with zero attached hydrogens (tertiary/aromatic N) is 2. The second kappa shape index (κ2) is 11.6. The van der Waals surface area contributed by atoms with Crippen LogP contribution in [0.4, 0.5) is 29.1 Å². The van der Waals surface area contributed by atoms with E-state index in [4.69, 9.17) is 0 Å². The number of benzene rings is 1. The number of hydrogen-bond acceptors (Lipinski definition) is 5. The van der Waals surface area contributed by atoms with Crippen LogP contribution in [0.5, 0.6) is 0 Å². The van der Waals surface area contributed by atoms with E-state index < -0.39 is 33.6 Å². The van der Waals surface area contributed by atoms with Crippen LogP contribution < -0.4 is 9.62 Å². The number of Topliss-reactive ketones (excluding diaryl/α,β-unsaturated/α-hetero) is 1. The summed E-state index contributed by atoms with van der Waals surface area (Å²) < 4.78 is 79.2. The summed E-state index contributed by atoms with van der Waals surface area (Å²) in [7, 11) is -3.66. The number of hydrogen-bond donors (Lipinski definition) is 1. The zero-order valence-corrected chi connectivity index (χ0v) is 21.2. The molecule has 36 heavy (non-hydrogen) atoms. The Kier molecular flexibility index (Phi) is 8.97. The number of carbonyl (C=O) groups excluding carboxylic acids is 1. The quantitative estimate of drug-likeness (QED) is 0.445. The van der Waals surface area contributed by atoms with Gasteiger partial charge in [-0.25, -0.2) is 17.8 Å². The van der Waals surface area contributed by atoms with Gasteiger partial charge in [-0.1, -0.05) is 38.3 Å². The fourth-order valence-electron chi connectivity index (χ4n) is 4.31. The lowest BCUT2D eigenvalue weighted by Crippen LogP contribution is -2.30. The first-order valence-corrected chi connectivity index (χ1v) is 13.9. The molecule has 1 aliphatic rings. The number of aromatic nitrogens is 1. The van der Waals surface area contributed by atoms with Crippen LogP contribution in [0, 0.1) is 5.82 Å². The number of anilines is 2. The number of nitrogens with one attached hydrogen (secondary N) is 1. The minimum absolute atomic E-state index is 0.0417. The van der Waals surface area contributed by atoms with Crippen molar-refractivity contribution in [2.45, 2.75) is 64.0 Å². The van der Waals surface area contributed by atoms with E-state index >= 15 is 0 Å². The van der Waals surface area contributed by atoms with Crippen LogP contribution in [0.25, 0.3) is 0 Å². The molecule has 2 aromatic rings. The highest BCUT2D eigenvalue weighted by molar-refractivity contribution is 7.92. The molecule has 3 rings (SSSR count). The molecule has 11 heteroatoms. The Morgan fingerprint density at radius 3 is 2.31 bits per heavy atom. The van der Waals surface area contributed by atoms with Crippen LogP contribution in [-0.2, 0) is 27.4 Å². The van der Waals surface area contributed by atoms with Gasteiger partial charge in [0.05, 0.1) is 11.9 Å². The first-order valence-electron chi connectivity index (χ1n) is 12.0. The molecule has 1 saturated heterocycles. The average molecular weight is 530 g/mol. The summed E-state index contributed by atoms with van der Waals surface area (Å²) in [6.07, 6.45) is 1.44. The normalized spacial score (nSPS) is 16.2. The molecular weight excluding hydrogens is 498 g/mol. The molecule has 6 nitrogen and oxygen atoms in total. The number of ketones is 1. The summed E-state index contributed by atoms with van der Waals surface area (Å²) in [5.74, 6) is -1.42. The second-order valence-corrected chi connectivity index (χ2v) is 11.0. The van der Waals surface area contributed by atoms with E-state index in [1.54, 1.807) is 6.92 Å². The van der Waals surface area contributed by atoms with Crippen molar-refractivity contribution in [2.24, 2.45) is 0 Å². The predicted octanol–water partition coefficient (Wildman–Crippen LogP) is 5.69. The highest BCUT2D eigenvalue weighted by Gasteiger charge is 2.33. The zero-order valence-electron chi connectivity index (χ0n) is 20.4. The Balaban J connectivity index is 1.77. The van der Waals surface area contributed by atoms with Gasteiger partial charge in [0.1, 0.15) is 23.1 Å². The van der Waals surface area contributed by atoms with Crippen molar-refractivity contribution >= 4 is 27.3 Å². The van der Waals surface area contributed by atoms with Gasteiger partial charge in [-0.3, -0.25) is 9.52 Å². The summed E-state index contributed by atoms with van der Waals surface area (Å²) in [6, 6.07) is 6.19. The SMILES string of the molecule is CC(C(=O)CCc1ccc(C(F)(F)F)nc1N1CCCCCCC1)c1ccc(NS(C)(=O)=O)c(F)c1. The number of rotatable bonds is 8. The summed E-state index contributed by atoms with van der Waals surface area (Å²) in [4.78, 5) is 18.8. The van der Waals surface area contributed by atoms with Crippen LogP contribution in [0.15, 0.2) is 30.3 Å². The van der Waals surface area contributed by atoms with Crippen molar-refractivity contribution in [3.8, 4) is 0 Å². The maximum atomic E-state index is 14.4. The molecule has 1 unspecified atom stereocenters. The van der Waals surface area contributed by atoms with Gasteiger partial charge in [0.2, 0.25) is 10.0 Å². The second-order valence-electron chi connectivity index (χ2n) is 9.23. The van der Waals surface area contributed by atoms with Crippen LogP contribution in [0.1, 0.15) is 68.2 Å². The topological polar surface area (TPSA) is 79.4 Å². The fourth-order valence-corrected chi connectivity index (χ4v) is 4.87. The molecule has 0 saturated carbocycles. The predicted molar refractivity (Wildman–Crippen MR) is 131 cm³/mol. The number of halogens is 4. The molecule has 0 radical (unpaired) electrons. The molecule has 0 amide bonds. The molecule has 1 aromatic heterocycles. The number of alkyl halides is 3. The summed E-state index contributed by atoms with van der Waals surface area (Å²) in [5, 5.41) is 0. The number of pyridine rings is 1. The van der Waals surface area contributed by atoms with Crippen molar-refractivity contribution in [3.05, 3.63) is 53.0 Å². The highest BCUT2D eigenvalue weighted by atomic mass is 32.2. The molecule has 0 aliphatic carbocycles. The molecule has 1 aliphatic heterocycles. The fraction of sp³-hybridized carbons (Fsp3) is 0.520. The Labute approximate surface area is 209 Å². The highest BCUT2D eigenvalue weighted by Crippen LogP contribution is 2.32. The van der Waals surface area contributed by atoms with Gasteiger partial charge in [-0.2, -0.15) is 13.2 Å². The van der Waals surface area contributed by atoms with Crippen molar-refractivity contribution < 1.29 is 30.8 Å². The lowest BCUT2D eigenvalue weighted by molar-refractivity contribution is -0.141. The molecule has 1 N–H and O–H groups in total. The van der Waals surface area contributed by atoms with E-state index in [1.165, 1.54) is 18.2 Å². The van der Waals surface area contributed by atoms with E-state index in [-0.39, 0.29) is 30.1 Å². The van der Waals surface area contributed by atoms with Crippen LogP contribution in [-0.4, -0.2) is 38.5 Å². The number of carbonyl (C=O) groups is 1. The molecule has 1 aromatic carbocycles. The van der Waals surface area contributed by atoms with Crippen LogP contribution >= 0.6 is 0 Å². The molecule has 2 heterocycles. The summed E-state index contributed by atoms with van der Waals surface area (Å²) >= 11 is 0. The van der Waals surface area contributed by atoms with Gasteiger partial charge in [0.25, 0.3) is 0 Å². The maximum Gasteiger partial charge on any atom is 0.433 e. The van der Waals surface area contributed by atoms with E-state index in [9.17, 15) is 30.8 Å². The number of sulfonamides is 1. The Hall–Kier alpha value is -2.69. The van der Waals surface area contributed by atoms with Crippen molar-refractivity contribution in [1.82, 2.24) is 4.98 Å². The summed E-state index contributed by atoms with van der Waals surface area (Å²) in [6.45, 7) is 2.84. The van der Waals surface area contributed by atoms with E-state index in [1.807, 2.05) is 4.90 Å². The Morgan fingerprint density at radius 2 is 1.72 bits per heavy atom. The third kappa shape index (κ3) is 7.65. The minimum atomic E-state index is -4.57. The standard InChI is InChI=1S/C25H31F4N3O3S/c1-17(19-8-11-21(20(26)16-19)31-36(2,34)35)22(33)12-9-18-10-13-23(25(27,28)29)30-24(18)32-14-6-4-3-5-7-15-32/h8,10-11,13,16-17,31H,3-7,9,12,14-15H2,1-2H3. The maximum absolute atomic E-state index is 14.4. The van der Waals surface area contributed by atoms with Gasteiger partial charge in [-0.05, 0) is 48.6 Å². The first-order chi connectivity index (χ1) is 16.8. The van der Waals surface area contributed by atoms with E-state index in [0.717, 1.165) is 50.5 Å². The largest absolute Gasteiger partial charge is 0.433 e. The number of aryl methyl sites for hydroxylation is 1. The molecule has 1 fully saturated rings. The van der Waals surface area contributed by atoms with Gasteiger partial charge in [0, 0.05) is 25.4 Å². The van der Waals surface area contributed by atoms with Crippen molar-refractivity contribution in [3.63, 3.8) is 0 Å². The van der Waals surface area contributed by atoms with Crippen molar-refractivity contribution in [1.29, 1.82) is 0 Å². The van der Waals surface area contributed by atoms with Crippen LogP contribution in [0.2, 0.25) is 0 Å². The third-order valence-corrected chi connectivity index (χ3v) is 6.90. The van der Waals surface area contributed by atoms with Gasteiger partial charge in [-0.15, -0.1) is 0 Å². The van der Waals surface area contributed by atoms with E-state index in [0.29, 0.717) is 24.2 Å². The Morgan fingerprint density at radius 1 is 1.08 bits per heavy atom. The van der Waals surface area contributed by atoms with Gasteiger partial charge < -0.3 is 4.90 Å². The minimum Gasteiger partial charge on any atom is -0.356 e. The molecule has 0 bridgehead atoms. The third-order valence-electron chi connectivity index (χ3n) is 6.31. The lowest BCUT2D eigenvalue weighted by Gasteiger charge is -2.28. The average Bonchev–Trinajstić information content (AvgIpc) is 2.76. The van der Waals surface area contributed by atoms with Gasteiger partial charge >= 0.3 is 6.18 Å². The first kappa shape index (κ1) is 27.9. The molecule has 198 valence electrons. The summed E-state index contributed by atoms with van der Waals surface area (Å²) in [5.41, 5.74) is -0.218. The molecule has 0 spiro atoms. The van der Waals surface area contributed by atoms with Crippen LogP contribution in [0.3, 0.4) is 0 Å². The monoisotopic (exact) mass is 529 g/mol. The zero-order chi connectivity index (χ0) is 26.5. The smallest absolute Gasteiger partial charge is 0.356 e. The van der Waals surface area contributed by atoms with Gasteiger partial charge in [0.15, 0.2) is 0 Å². The lowest BCUT2D eigenvalue weighted by atomic mass is 9.92. The van der Waals surface area contributed by atoms with Crippen molar-refractivity contribution in [2.75, 3.05) is 29.0 Å². The Bertz CT molecular complexity index is 1180. The molecule has 1 atom stereocenters. The van der Waals surface area contributed by atoms with E-state index in [2.05, 4.69) is 9.71 Å².